The number of nitrogens with one attached hydrogen (secondary N) is 1. The van der Waals surface area contributed by atoms with E-state index in [0.29, 0.717) is 17.9 Å². The zero-order valence-corrected chi connectivity index (χ0v) is 19.5. The van der Waals surface area contributed by atoms with Crippen LogP contribution in [0, 0.1) is 0 Å². The lowest BCUT2D eigenvalue weighted by Gasteiger charge is -2.22. The monoisotopic (exact) mass is 452 g/mol. The van der Waals surface area contributed by atoms with Gasteiger partial charge in [0.2, 0.25) is 15.9 Å². The Balaban J connectivity index is 2.10. The Morgan fingerprint density at radius 2 is 1.73 bits per heavy atom. The highest BCUT2D eigenvalue weighted by Gasteiger charge is 2.24. The number of thioether (sulfide) groups is 1. The largest absolute Gasteiger partial charge is 0.493 e. The van der Waals surface area contributed by atoms with Crippen molar-refractivity contribution in [2.75, 3.05) is 34.1 Å². The third-order valence-corrected chi connectivity index (χ3v) is 7.25. The predicted octanol–water partition coefficient (Wildman–Crippen LogP) is 3.31. The molecule has 30 heavy (non-hydrogen) atoms. The summed E-state index contributed by atoms with van der Waals surface area (Å²) < 4.78 is 37.1. The third-order valence-electron chi connectivity index (χ3n) is 4.69. The first-order valence-corrected chi connectivity index (χ1v) is 12.0. The number of nitrogens with zero attached hydrogens (tertiary/aromatic N) is 1. The summed E-state index contributed by atoms with van der Waals surface area (Å²) in [6.07, 6.45) is 2.55. The summed E-state index contributed by atoms with van der Waals surface area (Å²) in [6, 6.07) is 11.7. The van der Waals surface area contributed by atoms with Crippen molar-refractivity contribution in [2.45, 2.75) is 29.2 Å². The molecule has 0 fully saturated rings. The summed E-state index contributed by atoms with van der Waals surface area (Å²) in [5.74, 6) is 0.778. The van der Waals surface area contributed by atoms with Crippen LogP contribution in [0.4, 0.5) is 0 Å². The van der Waals surface area contributed by atoms with Gasteiger partial charge in [-0.3, -0.25) is 4.79 Å². The highest BCUT2D eigenvalue weighted by Crippen LogP contribution is 2.31. The van der Waals surface area contributed by atoms with Crippen LogP contribution in [0.3, 0.4) is 0 Å². The molecule has 2 rings (SSSR count). The molecule has 9 heteroatoms. The number of amides is 1. The van der Waals surface area contributed by atoms with Crippen LogP contribution in [-0.2, 0) is 14.8 Å². The molecule has 2 aromatic rings. The average Bonchev–Trinajstić information content (AvgIpc) is 2.76. The average molecular weight is 453 g/mol. The van der Waals surface area contributed by atoms with Crippen LogP contribution in [0.1, 0.15) is 24.9 Å². The van der Waals surface area contributed by atoms with E-state index in [1.807, 2.05) is 19.2 Å². The number of rotatable bonds is 10. The minimum Gasteiger partial charge on any atom is -0.493 e. The summed E-state index contributed by atoms with van der Waals surface area (Å²) in [7, 11) is 0.744. The lowest BCUT2D eigenvalue weighted by atomic mass is 10.0. The van der Waals surface area contributed by atoms with E-state index in [0.717, 1.165) is 14.8 Å². The van der Waals surface area contributed by atoms with Crippen molar-refractivity contribution in [3.8, 4) is 11.5 Å². The van der Waals surface area contributed by atoms with Gasteiger partial charge in [-0.2, -0.15) is 4.31 Å². The van der Waals surface area contributed by atoms with Crippen LogP contribution in [0.25, 0.3) is 0 Å². The number of ether oxygens (including phenoxy) is 2. The molecule has 0 heterocycles. The molecule has 0 spiro atoms. The van der Waals surface area contributed by atoms with Crippen LogP contribution >= 0.6 is 11.8 Å². The van der Waals surface area contributed by atoms with E-state index >= 15 is 0 Å². The molecule has 0 saturated carbocycles. The van der Waals surface area contributed by atoms with Gasteiger partial charge < -0.3 is 14.8 Å². The van der Waals surface area contributed by atoms with Crippen molar-refractivity contribution in [3.05, 3.63) is 48.0 Å². The second-order valence-electron chi connectivity index (χ2n) is 6.58. The normalized spacial score (nSPS) is 12.5. The second-order valence-corrected chi connectivity index (χ2v) is 9.50. The van der Waals surface area contributed by atoms with Crippen molar-refractivity contribution in [3.63, 3.8) is 0 Å². The van der Waals surface area contributed by atoms with E-state index in [4.69, 9.17) is 9.47 Å². The van der Waals surface area contributed by atoms with E-state index in [1.165, 1.54) is 18.8 Å². The van der Waals surface area contributed by atoms with Crippen LogP contribution in [0.5, 0.6) is 11.5 Å². The fourth-order valence-electron chi connectivity index (χ4n) is 2.95. The number of carbonyl (C=O) groups is 1. The van der Waals surface area contributed by atoms with Gasteiger partial charge in [0.05, 0.1) is 31.7 Å². The minimum atomic E-state index is -3.76. The van der Waals surface area contributed by atoms with E-state index in [1.54, 1.807) is 50.6 Å². The highest BCUT2D eigenvalue weighted by molar-refractivity contribution is 7.98. The van der Waals surface area contributed by atoms with Gasteiger partial charge in [0.25, 0.3) is 0 Å². The third kappa shape index (κ3) is 5.68. The zero-order chi connectivity index (χ0) is 22.3. The van der Waals surface area contributed by atoms with Gasteiger partial charge in [-0.1, -0.05) is 13.0 Å². The Morgan fingerprint density at radius 3 is 2.27 bits per heavy atom. The number of hydrogen-bond donors (Lipinski definition) is 1. The fourth-order valence-corrected chi connectivity index (χ4v) is 4.48. The van der Waals surface area contributed by atoms with Gasteiger partial charge in [-0.15, -0.1) is 11.8 Å². The Kier molecular flexibility index (Phi) is 8.57. The van der Waals surface area contributed by atoms with Crippen LogP contribution < -0.4 is 14.8 Å². The zero-order valence-electron chi connectivity index (χ0n) is 17.8. The van der Waals surface area contributed by atoms with Crippen molar-refractivity contribution in [1.82, 2.24) is 9.62 Å². The van der Waals surface area contributed by atoms with Crippen LogP contribution in [0.15, 0.2) is 52.3 Å². The molecule has 0 unspecified atom stereocenters. The Morgan fingerprint density at radius 1 is 1.10 bits per heavy atom. The summed E-state index contributed by atoms with van der Waals surface area (Å²) in [5.41, 5.74) is 0.849. The molecule has 0 aromatic heterocycles. The van der Waals surface area contributed by atoms with Gasteiger partial charge >= 0.3 is 0 Å². The number of likely N-dealkylation sites (N-methyl/N-ethyl adjacent to an activating group) is 1. The van der Waals surface area contributed by atoms with Crippen molar-refractivity contribution in [1.29, 1.82) is 0 Å². The lowest BCUT2D eigenvalue weighted by molar-refractivity contribution is -0.121. The number of benzene rings is 2. The van der Waals surface area contributed by atoms with Crippen molar-refractivity contribution < 1.29 is 22.7 Å². The number of methoxy groups -OCH3 is 2. The first-order chi connectivity index (χ1) is 14.3. The molecule has 0 bridgehead atoms. The quantitative estimate of drug-likeness (QED) is 0.557. The Hall–Kier alpha value is -2.23. The first-order valence-electron chi connectivity index (χ1n) is 9.38. The van der Waals surface area contributed by atoms with E-state index in [2.05, 4.69) is 5.32 Å². The molecule has 0 aliphatic rings. The van der Waals surface area contributed by atoms with E-state index < -0.39 is 10.0 Å². The van der Waals surface area contributed by atoms with Gasteiger partial charge in [0.15, 0.2) is 11.5 Å². The molecule has 1 amide bonds. The predicted molar refractivity (Wildman–Crippen MR) is 119 cm³/mol. The topological polar surface area (TPSA) is 84.9 Å². The molecule has 0 aliphatic heterocycles. The summed E-state index contributed by atoms with van der Waals surface area (Å²) in [4.78, 5) is 13.7. The van der Waals surface area contributed by atoms with Crippen molar-refractivity contribution in [2.24, 2.45) is 0 Å². The lowest BCUT2D eigenvalue weighted by Crippen LogP contribution is -2.39. The highest BCUT2D eigenvalue weighted by atomic mass is 32.2. The number of carbonyl (C=O) groups excluding carboxylic acids is 1. The molecule has 164 valence electrons. The Labute approximate surface area is 182 Å². The molecular formula is C21H28N2O5S2. The van der Waals surface area contributed by atoms with Crippen molar-refractivity contribution >= 4 is 27.7 Å². The standard InChI is InChI=1S/C21H28N2O5S2/c1-6-18(15-7-12-19(27-3)20(13-15)28-4)22-21(24)14-23(2)30(25,26)17-10-8-16(29-5)9-11-17/h7-13,18H,6,14H2,1-5H3,(H,22,24)/t18-/m0/s1. The maximum atomic E-state index is 12.8. The molecule has 7 nitrogen and oxygen atoms in total. The van der Waals surface area contributed by atoms with E-state index in [-0.39, 0.29) is 23.4 Å². The SMILES string of the molecule is CC[C@H](NC(=O)CN(C)S(=O)(=O)c1ccc(SC)cc1)c1ccc(OC)c(OC)c1. The second kappa shape index (κ2) is 10.7. The molecular weight excluding hydrogens is 424 g/mol. The first kappa shape index (κ1) is 24.0. The maximum absolute atomic E-state index is 12.8. The van der Waals surface area contributed by atoms with Gasteiger partial charge in [-0.25, -0.2) is 8.42 Å². The summed E-state index contributed by atoms with van der Waals surface area (Å²) in [6.45, 7) is 1.66. The fraction of sp³-hybridized carbons (Fsp3) is 0.381. The molecule has 0 aliphatic carbocycles. The molecule has 0 radical (unpaired) electrons. The van der Waals surface area contributed by atoms with Crippen LogP contribution in [-0.4, -0.2) is 52.7 Å². The smallest absolute Gasteiger partial charge is 0.243 e. The summed E-state index contributed by atoms with van der Waals surface area (Å²) >= 11 is 1.53. The van der Waals surface area contributed by atoms with Crippen LogP contribution in [0.2, 0.25) is 0 Å². The summed E-state index contributed by atoms with van der Waals surface area (Å²) in [5, 5.41) is 2.90. The van der Waals surface area contributed by atoms with E-state index in [9.17, 15) is 13.2 Å². The molecule has 1 atom stereocenters. The minimum absolute atomic E-state index is 0.155. The van der Waals surface area contributed by atoms with Gasteiger partial charge in [0.1, 0.15) is 0 Å². The Bertz CT molecular complexity index is 962. The number of sulfonamides is 1. The maximum Gasteiger partial charge on any atom is 0.243 e. The van der Waals surface area contributed by atoms with Gasteiger partial charge in [0, 0.05) is 11.9 Å². The number of hydrogen-bond acceptors (Lipinski definition) is 6. The molecule has 2 aromatic carbocycles. The molecule has 0 saturated heterocycles. The molecule has 1 N–H and O–H groups in total. The van der Waals surface area contributed by atoms with Gasteiger partial charge in [-0.05, 0) is 54.6 Å².